The zero-order valence-electron chi connectivity index (χ0n) is 11.3. The third-order valence-corrected chi connectivity index (χ3v) is 4.64. The van der Waals surface area contributed by atoms with Crippen molar-refractivity contribution in [1.29, 1.82) is 0 Å². The first kappa shape index (κ1) is 15.7. The van der Waals surface area contributed by atoms with Crippen LogP contribution in [0, 0.1) is 0 Å². The second kappa shape index (κ2) is 8.56. The van der Waals surface area contributed by atoms with E-state index in [1.165, 1.54) is 0 Å². The Labute approximate surface area is 131 Å². The maximum atomic E-state index is 11.6. The second-order valence-electron chi connectivity index (χ2n) is 4.57. The lowest BCUT2D eigenvalue weighted by Gasteiger charge is -2.26. The van der Waals surface area contributed by atoms with Gasteiger partial charge in [0.15, 0.2) is 0 Å². The molecule has 6 heteroatoms. The average molecular weight is 359 g/mol. The zero-order valence-corrected chi connectivity index (χ0v) is 13.7. The van der Waals surface area contributed by atoms with E-state index in [1.807, 2.05) is 18.2 Å². The van der Waals surface area contributed by atoms with E-state index in [9.17, 15) is 4.79 Å². The number of halogens is 1. The van der Waals surface area contributed by atoms with Crippen LogP contribution in [0.2, 0.25) is 0 Å². The molecule has 0 unspecified atom stereocenters. The van der Waals surface area contributed by atoms with Gasteiger partial charge >= 0.3 is 0 Å². The van der Waals surface area contributed by atoms with E-state index in [0.717, 1.165) is 47.9 Å². The maximum absolute atomic E-state index is 11.6. The lowest BCUT2D eigenvalue weighted by molar-refractivity contribution is -0.116. The molecule has 1 aliphatic rings. The monoisotopic (exact) mass is 358 g/mol. The summed E-state index contributed by atoms with van der Waals surface area (Å²) in [5.41, 5.74) is 0. The molecule has 0 aromatic carbocycles. The lowest BCUT2D eigenvalue weighted by atomic mass is 10.3. The summed E-state index contributed by atoms with van der Waals surface area (Å²) in [5, 5.41) is 2.91. The number of nitrogens with zero attached hydrogens (tertiary/aromatic N) is 1. The maximum Gasteiger partial charge on any atom is 0.244 e. The third-order valence-electron chi connectivity index (χ3n) is 3.05. The van der Waals surface area contributed by atoms with E-state index in [0.29, 0.717) is 6.54 Å². The minimum Gasteiger partial charge on any atom is -0.379 e. The van der Waals surface area contributed by atoms with Crippen LogP contribution < -0.4 is 5.32 Å². The Morgan fingerprint density at radius 1 is 1.45 bits per heavy atom. The van der Waals surface area contributed by atoms with Crippen molar-refractivity contribution in [3.05, 3.63) is 26.9 Å². The summed E-state index contributed by atoms with van der Waals surface area (Å²) in [7, 11) is 0. The fourth-order valence-corrected chi connectivity index (χ4v) is 3.30. The highest BCUT2D eigenvalue weighted by Crippen LogP contribution is 2.22. The summed E-state index contributed by atoms with van der Waals surface area (Å²) in [5.74, 6) is -0.0310. The highest BCUT2D eigenvalue weighted by Gasteiger charge is 2.09. The van der Waals surface area contributed by atoms with Crippen molar-refractivity contribution in [2.45, 2.75) is 6.42 Å². The molecule has 1 saturated heterocycles. The first-order valence-electron chi connectivity index (χ1n) is 6.75. The summed E-state index contributed by atoms with van der Waals surface area (Å²) < 4.78 is 6.37. The van der Waals surface area contributed by atoms with E-state index in [1.54, 1.807) is 17.4 Å². The van der Waals surface area contributed by atoms with Gasteiger partial charge in [-0.2, -0.15) is 0 Å². The van der Waals surface area contributed by atoms with Gasteiger partial charge in [-0.15, -0.1) is 11.3 Å². The number of morpholine rings is 1. The van der Waals surface area contributed by atoms with Crippen molar-refractivity contribution >= 4 is 39.2 Å². The topological polar surface area (TPSA) is 41.6 Å². The quantitative estimate of drug-likeness (QED) is 0.626. The molecule has 1 aliphatic heterocycles. The van der Waals surface area contributed by atoms with Crippen molar-refractivity contribution in [2.24, 2.45) is 0 Å². The average Bonchev–Trinajstić information content (AvgIpc) is 2.88. The van der Waals surface area contributed by atoms with Crippen LogP contribution in [0.5, 0.6) is 0 Å². The minimum atomic E-state index is -0.0310. The molecule has 0 radical (unpaired) electrons. The van der Waals surface area contributed by atoms with Gasteiger partial charge in [0.2, 0.25) is 5.91 Å². The van der Waals surface area contributed by atoms with Crippen molar-refractivity contribution in [3.8, 4) is 0 Å². The number of rotatable bonds is 6. The fourth-order valence-electron chi connectivity index (χ4n) is 1.97. The molecule has 2 heterocycles. The predicted octanol–water partition coefficient (Wildman–Crippen LogP) is 2.36. The molecule has 0 spiro atoms. The van der Waals surface area contributed by atoms with Gasteiger partial charge in [0.1, 0.15) is 0 Å². The number of amides is 1. The number of hydrogen-bond acceptors (Lipinski definition) is 4. The van der Waals surface area contributed by atoms with Gasteiger partial charge in [-0.3, -0.25) is 9.69 Å². The summed E-state index contributed by atoms with van der Waals surface area (Å²) in [4.78, 5) is 15.1. The van der Waals surface area contributed by atoms with Gasteiger partial charge in [-0.05, 0) is 47.1 Å². The van der Waals surface area contributed by atoms with Crippen LogP contribution in [0.3, 0.4) is 0 Å². The van der Waals surface area contributed by atoms with E-state index in [2.05, 4.69) is 26.1 Å². The van der Waals surface area contributed by atoms with E-state index >= 15 is 0 Å². The SMILES string of the molecule is O=C(/C=C/c1ccc(Br)s1)NCCCN1CCOCC1. The number of carbonyl (C=O) groups is 1. The molecule has 0 aliphatic carbocycles. The number of hydrogen-bond donors (Lipinski definition) is 1. The Hall–Kier alpha value is -0.690. The van der Waals surface area contributed by atoms with Gasteiger partial charge in [0, 0.05) is 30.6 Å². The van der Waals surface area contributed by atoms with E-state index < -0.39 is 0 Å². The summed E-state index contributed by atoms with van der Waals surface area (Å²) in [6.45, 7) is 5.39. The van der Waals surface area contributed by atoms with Gasteiger partial charge < -0.3 is 10.1 Å². The first-order valence-corrected chi connectivity index (χ1v) is 8.36. The number of ether oxygens (including phenoxy) is 1. The van der Waals surface area contributed by atoms with Crippen LogP contribution in [0.15, 0.2) is 22.0 Å². The fraction of sp³-hybridized carbons (Fsp3) is 0.500. The van der Waals surface area contributed by atoms with Gasteiger partial charge in [-0.25, -0.2) is 0 Å². The van der Waals surface area contributed by atoms with Crippen LogP contribution in [0.1, 0.15) is 11.3 Å². The number of thiophene rings is 1. The normalized spacial score (nSPS) is 16.6. The molecule has 0 atom stereocenters. The van der Waals surface area contributed by atoms with Crippen molar-refractivity contribution in [3.63, 3.8) is 0 Å². The molecule has 20 heavy (non-hydrogen) atoms. The molecule has 110 valence electrons. The van der Waals surface area contributed by atoms with Crippen LogP contribution in [-0.4, -0.2) is 50.2 Å². The Morgan fingerprint density at radius 3 is 2.95 bits per heavy atom. The van der Waals surface area contributed by atoms with Gasteiger partial charge in [0.05, 0.1) is 17.0 Å². The molecule has 1 fully saturated rings. The largest absolute Gasteiger partial charge is 0.379 e. The van der Waals surface area contributed by atoms with Gasteiger partial charge in [-0.1, -0.05) is 0 Å². The van der Waals surface area contributed by atoms with E-state index in [-0.39, 0.29) is 5.91 Å². The minimum absolute atomic E-state index is 0.0310. The Bertz CT molecular complexity index is 456. The molecule has 0 saturated carbocycles. The van der Waals surface area contributed by atoms with Crippen LogP contribution in [0.4, 0.5) is 0 Å². The van der Waals surface area contributed by atoms with Crippen molar-refractivity contribution in [1.82, 2.24) is 10.2 Å². The molecular weight excluding hydrogens is 340 g/mol. The van der Waals surface area contributed by atoms with Crippen LogP contribution in [0.25, 0.3) is 6.08 Å². The molecule has 4 nitrogen and oxygen atoms in total. The summed E-state index contributed by atoms with van der Waals surface area (Å²) >= 11 is 5.01. The predicted molar refractivity (Wildman–Crippen MR) is 85.9 cm³/mol. The van der Waals surface area contributed by atoms with Crippen LogP contribution >= 0.6 is 27.3 Å². The van der Waals surface area contributed by atoms with E-state index in [4.69, 9.17) is 4.74 Å². The van der Waals surface area contributed by atoms with Gasteiger partial charge in [0.25, 0.3) is 0 Å². The lowest BCUT2D eigenvalue weighted by Crippen LogP contribution is -2.38. The third kappa shape index (κ3) is 5.75. The summed E-state index contributed by atoms with van der Waals surface area (Å²) in [6.07, 6.45) is 4.41. The first-order chi connectivity index (χ1) is 9.74. The Kier molecular flexibility index (Phi) is 6.72. The molecule has 2 rings (SSSR count). The van der Waals surface area contributed by atoms with Crippen molar-refractivity contribution < 1.29 is 9.53 Å². The van der Waals surface area contributed by atoms with Crippen LogP contribution in [-0.2, 0) is 9.53 Å². The highest BCUT2D eigenvalue weighted by atomic mass is 79.9. The molecule has 1 aromatic heterocycles. The molecule has 0 bridgehead atoms. The number of nitrogens with one attached hydrogen (secondary N) is 1. The van der Waals surface area contributed by atoms with Crippen molar-refractivity contribution in [2.75, 3.05) is 39.4 Å². The number of carbonyl (C=O) groups excluding carboxylic acids is 1. The molecule has 1 N–H and O–H groups in total. The molecular formula is C14H19BrN2O2S. The Morgan fingerprint density at radius 2 is 2.25 bits per heavy atom. The Balaban J connectivity index is 1.59. The zero-order chi connectivity index (χ0) is 14.2. The molecule has 1 aromatic rings. The molecule has 1 amide bonds. The standard InChI is InChI=1S/C14H19BrN2O2S/c15-13-4-2-12(20-13)3-5-14(18)16-6-1-7-17-8-10-19-11-9-17/h2-5H,1,6-11H2,(H,16,18)/b5-3+. The smallest absolute Gasteiger partial charge is 0.244 e. The summed E-state index contributed by atoms with van der Waals surface area (Å²) in [6, 6.07) is 3.96. The second-order valence-corrected chi connectivity index (χ2v) is 7.07. The highest BCUT2D eigenvalue weighted by molar-refractivity contribution is 9.11.